The zero-order chi connectivity index (χ0) is 11.9. The third kappa shape index (κ3) is 2.23. The highest BCUT2D eigenvalue weighted by atomic mass is 32.2. The molecule has 1 aromatic rings. The maximum Gasteiger partial charge on any atom is 0.109 e. The largest absolute Gasteiger partial charge is 0.383 e. The van der Waals surface area contributed by atoms with E-state index in [0.717, 1.165) is 24.1 Å². The van der Waals surface area contributed by atoms with Gasteiger partial charge in [0.1, 0.15) is 5.60 Å². The summed E-state index contributed by atoms with van der Waals surface area (Å²) >= 11 is 2.09. The maximum absolute atomic E-state index is 10.9. The van der Waals surface area contributed by atoms with Gasteiger partial charge in [-0.3, -0.25) is 4.98 Å². The molecule has 1 aromatic heterocycles. The van der Waals surface area contributed by atoms with E-state index in [0.29, 0.717) is 10.5 Å². The average Bonchev–Trinajstić information content (AvgIpc) is 2.29. The Kier molecular flexibility index (Phi) is 2.91. The summed E-state index contributed by atoms with van der Waals surface area (Å²) in [4.78, 5) is 4.44. The number of rotatable bonds is 1. The second kappa shape index (κ2) is 4.29. The Morgan fingerprint density at radius 1 is 1.29 bits per heavy atom. The second-order valence-corrected chi connectivity index (χ2v) is 7.08. The molecule has 2 unspecified atom stereocenters. The average molecular weight is 249 g/mol. The van der Waals surface area contributed by atoms with Gasteiger partial charge in [-0.15, -0.1) is 0 Å². The molecule has 3 heteroatoms. The molecule has 0 radical (unpaired) electrons. The van der Waals surface area contributed by atoms with Gasteiger partial charge in [0.15, 0.2) is 0 Å². The fourth-order valence-electron chi connectivity index (χ4n) is 3.07. The lowest BCUT2D eigenvalue weighted by atomic mass is 9.83. The number of pyridine rings is 1. The third-order valence-electron chi connectivity index (χ3n) is 3.96. The minimum absolute atomic E-state index is 0.635. The first kappa shape index (κ1) is 11.5. The van der Waals surface area contributed by atoms with E-state index >= 15 is 0 Å². The van der Waals surface area contributed by atoms with Crippen LogP contribution >= 0.6 is 11.8 Å². The Balaban J connectivity index is 1.87. The van der Waals surface area contributed by atoms with Crippen molar-refractivity contribution in [2.75, 3.05) is 0 Å². The fourth-order valence-corrected chi connectivity index (χ4v) is 4.96. The summed E-state index contributed by atoms with van der Waals surface area (Å²) in [7, 11) is 0. The summed E-state index contributed by atoms with van der Waals surface area (Å²) < 4.78 is 0. The summed E-state index contributed by atoms with van der Waals surface area (Å²) in [5.74, 6) is 0. The minimum Gasteiger partial charge on any atom is -0.383 e. The van der Waals surface area contributed by atoms with Crippen LogP contribution in [0.15, 0.2) is 18.3 Å². The number of hydrogen-bond acceptors (Lipinski definition) is 3. The van der Waals surface area contributed by atoms with Crippen LogP contribution in [0.5, 0.6) is 0 Å². The summed E-state index contributed by atoms with van der Waals surface area (Å²) in [6.07, 6.45) is 7.48. The number of nitrogens with zero attached hydrogens (tertiary/aromatic N) is 1. The van der Waals surface area contributed by atoms with Gasteiger partial charge in [0, 0.05) is 16.7 Å². The van der Waals surface area contributed by atoms with E-state index in [9.17, 15) is 5.11 Å². The van der Waals surface area contributed by atoms with Gasteiger partial charge < -0.3 is 5.11 Å². The summed E-state index contributed by atoms with van der Waals surface area (Å²) in [5, 5.41) is 12.1. The van der Waals surface area contributed by atoms with Crippen LogP contribution in [0.2, 0.25) is 0 Å². The highest BCUT2D eigenvalue weighted by Crippen LogP contribution is 2.48. The van der Waals surface area contributed by atoms with Crippen molar-refractivity contribution in [2.45, 2.75) is 55.1 Å². The molecule has 1 N–H and O–H groups in total. The van der Waals surface area contributed by atoms with Crippen molar-refractivity contribution in [3.8, 4) is 0 Å². The topological polar surface area (TPSA) is 33.1 Å². The molecule has 2 nitrogen and oxygen atoms in total. The van der Waals surface area contributed by atoms with E-state index < -0.39 is 5.60 Å². The quantitative estimate of drug-likeness (QED) is 0.830. The Morgan fingerprint density at radius 2 is 2.00 bits per heavy atom. The number of aromatic nitrogens is 1. The molecule has 92 valence electrons. The lowest BCUT2D eigenvalue weighted by Gasteiger charge is -2.43. The van der Waals surface area contributed by atoms with E-state index in [1.807, 2.05) is 19.2 Å². The first-order chi connectivity index (χ1) is 8.16. The van der Waals surface area contributed by atoms with Crippen LogP contribution < -0.4 is 0 Å². The molecule has 2 fully saturated rings. The van der Waals surface area contributed by atoms with Crippen molar-refractivity contribution in [3.05, 3.63) is 29.6 Å². The second-order valence-electron chi connectivity index (χ2n) is 5.47. The van der Waals surface area contributed by atoms with Gasteiger partial charge in [0.05, 0.1) is 5.69 Å². The molecule has 2 atom stereocenters. The Labute approximate surface area is 107 Å². The van der Waals surface area contributed by atoms with E-state index in [4.69, 9.17) is 0 Å². The number of fused-ring (bicyclic) bond motifs is 2. The molecular formula is C14H19NOS. The van der Waals surface area contributed by atoms with Crippen molar-refractivity contribution in [1.29, 1.82) is 0 Å². The molecule has 2 aliphatic heterocycles. The molecule has 0 spiro atoms. The Hall–Kier alpha value is -0.540. The summed E-state index contributed by atoms with van der Waals surface area (Å²) in [6.45, 7) is 2.03. The van der Waals surface area contributed by atoms with Gasteiger partial charge in [-0.05, 0) is 44.2 Å². The standard InChI is InChI=1S/C14H19NOS/c1-10-5-6-13(15-9-10)14(16)7-11-3-2-4-12(8-14)17-11/h5-6,9,11-12,16H,2-4,7-8H2,1H3. The number of thioether (sulfide) groups is 1. The highest BCUT2D eigenvalue weighted by molar-refractivity contribution is 8.00. The van der Waals surface area contributed by atoms with Crippen LogP contribution in [0, 0.1) is 6.92 Å². The lowest BCUT2D eigenvalue weighted by molar-refractivity contribution is 0.00404. The monoisotopic (exact) mass is 249 g/mol. The molecule has 0 amide bonds. The molecular weight excluding hydrogens is 230 g/mol. The van der Waals surface area contributed by atoms with Crippen molar-refractivity contribution in [3.63, 3.8) is 0 Å². The number of hydrogen-bond donors (Lipinski definition) is 1. The van der Waals surface area contributed by atoms with Gasteiger partial charge in [0.2, 0.25) is 0 Å². The van der Waals surface area contributed by atoms with Crippen LogP contribution in [-0.4, -0.2) is 20.6 Å². The first-order valence-electron chi connectivity index (χ1n) is 6.47. The van der Waals surface area contributed by atoms with Gasteiger partial charge in [0.25, 0.3) is 0 Å². The molecule has 3 heterocycles. The number of aliphatic hydroxyl groups is 1. The van der Waals surface area contributed by atoms with E-state index in [-0.39, 0.29) is 0 Å². The SMILES string of the molecule is Cc1ccc(C2(O)CC3CCCC(C2)S3)nc1. The van der Waals surface area contributed by atoms with Crippen molar-refractivity contribution in [1.82, 2.24) is 4.98 Å². The maximum atomic E-state index is 10.9. The number of aryl methyl sites for hydroxylation is 1. The molecule has 2 aliphatic rings. The van der Waals surface area contributed by atoms with E-state index in [1.165, 1.54) is 19.3 Å². The Bertz CT molecular complexity index is 391. The predicted octanol–water partition coefficient (Wildman–Crippen LogP) is 3.03. The van der Waals surface area contributed by atoms with Crippen LogP contribution in [0.3, 0.4) is 0 Å². The molecule has 2 saturated heterocycles. The van der Waals surface area contributed by atoms with Crippen molar-refractivity contribution in [2.24, 2.45) is 0 Å². The van der Waals surface area contributed by atoms with Gasteiger partial charge in [-0.25, -0.2) is 0 Å². The minimum atomic E-state index is -0.672. The zero-order valence-electron chi connectivity index (χ0n) is 10.2. The highest BCUT2D eigenvalue weighted by Gasteiger charge is 2.43. The normalized spacial score (nSPS) is 36.8. The fraction of sp³-hybridized carbons (Fsp3) is 0.643. The Morgan fingerprint density at radius 3 is 2.59 bits per heavy atom. The van der Waals surface area contributed by atoms with Crippen LogP contribution in [0.1, 0.15) is 43.4 Å². The lowest BCUT2D eigenvalue weighted by Crippen LogP contribution is -2.41. The first-order valence-corrected chi connectivity index (χ1v) is 7.41. The van der Waals surface area contributed by atoms with Crippen LogP contribution in [0.25, 0.3) is 0 Å². The molecule has 0 aliphatic carbocycles. The third-order valence-corrected chi connectivity index (χ3v) is 5.53. The van der Waals surface area contributed by atoms with Crippen molar-refractivity contribution >= 4 is 11.8 Å². The van der Waals surface area contributed by atoms with Gasteiger partial charge >= 0.3 is 0 Å². The molecule has 17 heavy (non-hydrogen) atoms. The molecule has 0 saturated carbocycles. The van der Waals surface area contributed by atoms with Crippen LogP contribution in [0.4, 0.5) is 0 Å². The van der Waals surface area contributed by atoms with Crippen molar-refractivity contribution < 1.29 is 5.11 Å². The summed E-state index contributed by atoms with van der Waals surface area (Å²) in [5.41, 5.74) is 1.36. The van der Waals surface area contributed by atoms with Gasteiger partial charge in [-0.1, -0.05) is 12.5 Å². The zero-order valence-corrected chi connectivity index (χ0v) is 11.0. The molecule has 0 aromatic carbocycles. The smallest absolute Gasteiger partial charge is 0.109 e. The molecule has 3 rings (SSSR count). The summed E-state index contributed by atoms with van der Waals surface area (Å²) in [6, 6.07) is 4.05. The molecule has 2 bridgehead atoms. The van der Waals surface area contributed by atoms with E-state index in [1.54, 1.807) is 0 Å². The predicted molar refractivity (Wildman–Crippen MR) is 71.1 cm³/mol. The van der Waals surface area contributed by atoms with Crippen LogP contribution in [-0.2, 0) is 5.60 Å². The van der Waals surface area contributed by atoms with E-state index in [2.05, 4.69) is 22.8 Å². The van der Waals surface area contributed by atoms with Gasteiger partial charge in [-0.2, -0.15) is 11.8 Å².